The van der Waals surface area contributed by atoms with Crippen molar-refractivity contribution >= 4 is 27.5 Å². The zero-order valence-corrected chi connectivity index (χ0v) is 14.1. The molecule has 0 spiro atoms. The van der Waals surface area contributed by atoms with Gasteiger partial charge in [-0.05, 0) is 12.1 Å². The van der Waals surface area contributed by atoms with Gasteiger partial charge >= 0.3 is 5.97 Å². The largest absolute Gasteiger partial charge is 0.465 e. The number of benzene rings is 2. The van der Waals surface area contributed by atoms with Gasteiger partial charge in [0, 0.05) is 5.56 Å². The summed E-state index contributed by atoms with van der Waals surface area (Å²) < 4.78 is 30.0. The summed E-state index contributed by atoms with van der Waals surface area (Å²) in [6.07, 6.45) is 0.985. The molecule has 2 aromatic carbocycles. The van der Waals surface area contributed by atoms with Crippen molar-refractivity contribution < 1.29 is 22.7 Å². The minimum Gasteiger partial charge on any atom is -0.465 e. The lowest BCUT2D eigenvalue weighted by atomic mass is 10.1. The van der Waals surface area contributed by atoms with Gasteiger partial charge in [-0.1, -0.05) is 42.5 Å². The molecule has 24 heavy (non-hydrogen) atoms. The molecule has 0 atom stereocenters. The van der Waals surface area contributed by atoms with Crippen LogP contribution >= 0.6 is 0 Å². The van der Waals surface area contributed by atoms with Gasteiger partial charge in [0.1, 0.15) is 0 Å². The number of nitrogens with zero attached hydrogens (tertiary/aromatic N) is 1. The van der Waals surface area contributed by atoms with Crippen molar-refractivity contribution in [3.8, 4) is 0 Å². The number of methoxy groups -OCH3 is 1. The Kier molecular flexibility index (Phi) is 5.35. The molecule has 7 heteroatoms. The van der Waals surface area contributed by atoms with Gasteiger partial charge in [-0.2, -0.15) is 0 Å². The quantitative estimate of drug-likeness (QED) is 0.591. The zero-order valence-electron chi connectivity index (χ0n) is 13.3. The Morgan fingerprint density at radius 1 is 1.00 bits per heavy atom. The molecule has 0 aliphatic heterocycles. The van der Waals surface area contributed by atoms with Gasteiger partial charge in [-0.3, -0.25) is 9.10 Å². The Morgan fingerprint density at radius 3 is 2.17 bits per heavy atom. The van der Waals surface area contributed by atoms with Crippen molar-refractivity contribution in [2.45, 2.75) is 0 Å². The number of para-hydroxylation sites is 1. The highest BCUT2D eigenvalue weighted by Crippen LogP contribution is 2.24. The second-order valence-electron chi connectivity index (χ2n) is 5.07. The Bertz CT molecular complexity index is 846. The molecule has 0 aliphatic rings. The molecule has 0 heterocycles. The SMILES string of the molecule is COC(=O)c1ccccc1N(CC(=O)c1ccccc1)S(C)(=O)=O. The van der Waals surface area contributed by atoms with Crippen LogP contribution in [0.3, 0.4) is 0 Å². The van der Waals surface area contributed by atoms with Gasteiger partial charge in [0.15, 0.2) is 5.78 Å². The Balaban J connectivity index is 2.45. The summed E-state index contributed by atoms with van der Waals surface area (Å²) in [5.74, 6) is -1.05. The summed E-state index contributed by atoms with van der Waals surface area (Å²) in [4.78, 5) is 24.3. The van der Waals surface area contributed by atoms with Crippen LogP contribution in [0.5, 0.6) is 0 Å². The fraction of sp³-hybridized carbons (Fsp3) is 0.176. The highest BCUT2D eigenvalue weighted by molar-refractivity contribution is 7.92. The van der Waals surface area contributed by atoms with E-state index in [1.54, 1.807) is 42.5 Å². The van der Waals surface area contributed by atoms with Crippen LogP contribution in [0, 0.1) is 0 Å². The lowest BCUT2D eigenvalue weighted by molar-refractivity contribution is 0.0601. The summed E-state index contributed by atoms with van der Waals surface area (Å²) >= 11 is 0. The summed E-state index contributed by atoms with van der Waals surface area (Å²) in [5, 5.41) is 0. The monoisotopic (exact) mass is 347 g/mol. The predicted molar refractivity (Wildman–Crippen MR) is 90.7 cm³/mol. The minimum absolute atomic E-state index is 0.0753. The van der Waals surface area contributed by atoms with Crippen LogP contribution in [-0.4, -0.2) is 40.1 Å². The summed E-state index contributed by atoms with van der Waals surface area (Å²) in [6.45, 7) is -0.406. The number of Topliss-reactive ketones (excluding diaryl/α,β-unsaturated/α-hetero) is 1. The first-order valence-electron chi connectivity index (χ1n) is 7.08. The van der Waals surface area contributed by atoms with Crippen LogP contribution in [0.1, 0.15) is 20.7 Å². The third-order valence-corrected chi connectivity index (χ3v) is 4.49. The number of carbonyl (C=O) groups excluding carboxylic acids is 2. The third kappa shape index (κ3) is 3.99. The maximum atomic E-state index is 12.4. The van der Waals surface area contributed by atoms with Crippen LogP contribution in [-0.2, 0) is 14.8 Å². The molecule has 6 nitrogen and oxygen atoms in total. The topological polar surface area (TPSA) is 80.8 Å². The number of esters is 1. The first kappa shape index (κ1) is 17.7. The molecule has 0 radical (unpaired) electrons. The molecule has 0 unspecified atom stereocenters. The number of sulfonamides is 1. The Labute approximate surface area is 140 Å². The Hall–Kier alpha value is -2.67. The number of hydrogen-bond acceptors (Lipinski definition) is 5. The summed E-state index contributed by atoms with van der Waals surface area (Å²) in [5.41, 5.74) is 0.573. The highest BCUT2D eigenvalue weighted by Gasteiger charge is 2.26. The lowest BCUT2D eigenvalue weighted by Gasteiger charge is -2.23. The van der Waals surface area contributed by atoms with Crippen molar-refractivity contribution in [2.75, 3.05) is 24.2 Å². The molecule has 2 aromatic rings. The van der Waals surface area contributed by atoms with Crippen molar-refractivity contribution in [1.82, 2.24) is 0 Å². The fourth-order valence-electron chi connectivity index (χ4n) is 2.20. The fourth-order valence-corrected chi connectivity index (χ4v) is 3.07. The van der Waals surface area contributed by atoms with Crippen molar-refractivity contribution in [3.05, 3.63) is 65.7 Å². The van der Waals surface area contributed by atoms with E-state index < -0.39 is 22.5 Å². The van der Waals surface area contributed by atoms with E-state index in [0.29, 0.717) is 5.56 Å². The van der Waals surface area contributed by atoms with Gasteiger partial charge in [-0.25, -0.2) is 13.2 Å². The molecule has 0 fully saturated rings. The lowest BCUT2D eigenvalue weighted by Crippen LogP contribution is -2.36. The summed E-state index contributed by atoms with van der Waals surface area (Å²) in [7, 11) is -2.57. The molecule has 0 saturated heterocycles. The molecule has 0 amide bonds. The van der Waals surface area contributed by atoms with Crippen LogP contribution in [0.2, 0.25) is 0 Å². The number of carbonyl (C=O) groups is 2. The average molecular weight is 347 g/mol. The van der Waals surface area contributed by atoms with E-state index >= 15 is 0 Å². The van der Waals surface area contributed by atoms with Gasteiger partial charge < -0.3 is 4.74 Å². The molecule has 0 N–H and O–H groups in total. The number of ketones is 1. The van der Waals surface area contributed by atoms with E-state index in [9.17, 15) is 18.0 Å². The van der Waals surface area contributed by atoms with E-state index in [1.165, 1.54) is 19.2 Å². The number of hydrogen-bond donors (Lipinski definition) is 0. The van der Waals surface area contributed by atoms with E-state index in [0.717, 1.165) is 10.6 Å². The first-order valence-corrected chi connectivity index (χ1v) is 8.92. The van der Waals surface area contributed by atoms with Crippen molar-refractivity contribution in [3.63, 3.8) is 0 Å². The van der Waals surface area contributed by atoms with Gasteiger partial charge in [0.2, 0.25) is 10.0 Å². The smallest absolute Gasteiger partial charge is 0.340 e. The van der Waals surface area contributed by atoms with Crippen LogP contribution < -0.4 is 4.31 Å². The molecule has 126 valence electrons. The van der Waals surface area contributed by atoms with Gasteiger partial charge in [-0.15, -0.1) is 0 Å². The Morgan fingerprint density at radius 2 is 1.58 bits per heavy atom. The molecule has 0 aromatic heterocycles. The van der Waals surface area contributed by atoms with Crippen LogP contribution in [0.15, 0.2) is 54.6 Å². The van der Waals surface area contributed by atoms with Crippen LogP contribution in [0.25, 0.3) is 0 Å². The minimum atomic E-state index is -3.78. The van der Waals surface area contributed by atoms with Crippen molar-refractivity contribution in [2.24, 2.45) is 0 Å². The molecule has 0 saturated carbocycles. The number of rotatable bonds is 6. The standard InChI is InChI=1S/C17H17NO5S/c1-23-17(20)14-10-6-7-11-15(14)18(24(2,21)22)12-16(19)13-8-4-3-5-9-13/h3-11H,12H2,1-2H3. The molecular weight excluding hydrogens is 330 g/mol. The predicted octanol–water partition coefficient (Wildman–Crippen LogP) is 2.12. The zero-order chi connectivity index (χ0) is 17.7. The maximum absolute atomic E-state index is 12.4. The highest BCUT2D eigenvalue weighted by atomic mass is 32.2. The third-order valence-electron chi connectivity index (χ3n) is 3.36. The van der Waals surface area contributed by atoms with Gasteiger partial charge in [0.05, 0.1) is 31.2 Å². The molecular formula is C17H17NO5S. The van der Waals surface area contributed by atoms with Crippen molar-refractivity contribution in [1.29, 1.82) is 0 Å². The number of ether oxygens (including phenoxy) is 1. The maximum Gasteiger partial charge on any atom is 0.340 e. The molecule has 2 rings (SSSR count). The second-order valence-corrected chi connectivity index (χ2v) is 6.97. The molecule has 0 bridgehead atoms. The first-order chi connectivity index (χ1) is 11.3. The number of anilines is 1. The van der Waals surface area contributed by atoms with E-state index in [4.69, 9.17) is 0 Å². The average Bonchev–Trinajstić information content (AvgIpc) is 2.58. The van der Waals surface area contributed by atoms with Crippen LogP contribution in [0.4, 0.5) is 5.69 Å². The van der Waals surface area contributed by atoms with E-state index in [2.05, 4.69) is 4.74 Å². The van der Waals surface area contributed by atoms with E-state index in [1.807, 2.05) is 0 Å². The van der Waals surface area contributed by atoms with E-state index in [-0.39, 0.29) is 17.0 Å². The summed E-state index contributed by atoms with van der Waals surface area (Å²) in [6, 6.07) is 14.5. The normalized spacial score (nSPS) is 10.9. The van der Waals surface area contributed by atoms with Gasteiger partial charge in [0.25, 0.3) is 0 Å². The molecule has 0 aliphatic carbocycles. The second kappa shape index (κ2) is 7.27.